The van der Waals surface area contributed by atoms with Crippen molar-refractivity contribution in [3.05, 3.63) is 71.4 Å². The molecule has 2 aromatic carbocycles. The summed E-state index contributed by atoms with van der Waals surface area (Å²) in [6.45, 7) is 0.575. The zero-order valence-corrected chi connectivity index (χ0v) is 20.9. The van der Waals surface area contributed by atoms with Crippen molar-refractivity contribution < 1.29 is 26.6 Å². The lowest BCUT2D eigenvalue weighted by Gasteiger charge is -2.33. The van der Waals surface area contributed by atoms with Crippen molar-refractivity contribution in [2.45, 2.75) is 13.0 Å². The van der Waals surface area contributed by atoms with E-state index >= 15 is 4.39 Å². The summed E-state index contributed by atoms with van der Waals surface area (Å²) in [4.78, 5) is 21.7. The Labute approximate surface area is 216 Å². The third kappa shape index (κ3) is 5.57. The van der Waals surface area contributed by atoms with E-state index in [2.05, 4.69) is 15.2 Å². The molecule has 2 aromatic heterocycles. The lowest BCUT2D eigenvalue weighted by molar-refractivity contribution is 0.116. The SMILES string of the molecule is O=C(N1CCS(=O)CC1)N(Cc1ccc(-c2nnc(C(F)F)o2)cc1F)c1cccc(-c2cncs2)c1. The predicted molar refractivity (Wildman–Crippen MR) is 133 cm³/mol. The lowest BCUT2D eigenvalue weighted by atomic mass is 10.1. The van der Waals surface area contributed by atoms with E-state index in [1.165, 1.54) is 28.4 Å². The van der Waals surface area contributed by atoms with Gasteiger partial charge in [-0.2, -0.15) is 8.78 Å². The average molecular weight is 548 g/mol. The number of urea groups is 1. The van der Waals surface area contributed by atoms with Gasteiger partial charge in [0.05, 0.1) is 16.9 Å². The maximum Gasteiger partial charge on any atom is 0.324 e. The number of thiazole rings is 1. The molecule has 8 nitrogen and oxygen atoms in total. The van der Waals surface area contributed by atoms with Crippen molar-refractivity contribution in [1.82, 2.24) is 20.1 Å². The largest absolute Gasteiger partial charge is 0.415 e. The number of alkyl halides is 2. The van der Waals surface area contributed by atoms with Gasteiger partial charge in [-0.1, -0.05) is 18.2 Å². The Morgan fingerprint density at radius 1 is 1.14 bits per heavy atom. The summed E-state index contributed by atoms with van der Waals surface area (Å²) in [6.07, 6.45) is -1.21. The van der Waals surface area contributed by atoms with Gasteiger partial charge < -0.3 is 9.32 Å². The number of carbonyl (C=O) groups is 1. The Bertz CT molecular complexity index is 1420. The van der Waals surface area contributed by atoms with E-state index in [1.54, 1.807) is 22.7 Å². The van der Waals surface area contributed by atoms with Crippen molar-refractivity contribution >= 4 is 33.9 Å². The molecular weight excluding hydrogens is 527 g/mol. The van der Waals surface area contributed by atoms with Crippen molar-refractivity contribution in [2.24, 2.45) is 0 Å². The van der Waals surface area contributed by atoms with E-state index in [0.717, 1.165) is 16.5 Å². The first-order valence-electron chi connectivity index (χ1n) is 11.2. The van der Waals surface area contributed by atoms with Crippen LogP contribution >= 0.6 is 11.3 Å². The molecular formula is C24H20F3N5O3S2. The number of halogens is 3. The summed E-state index contributed by atoms with van der Waals surface area (Å²) >= 11 is 1.46. The van der Waals surface area contributed by atoms with E-state index in [1.807, 2.05) is 18.2 Å². The van der Waals surface area contributed by atoms with Crippen LogP contribution in [0.2, 0.25) is 0 Å². The highest BCUT2D eigenvalue weighted by molar-refractivity contribution is 7.85. The number of amides is 2. The van der Waals surface area contributed by atoms with Gasteiger partial charge >= 0.3 is 12.5 Å². The van der Waals surface area contributed by atoms with Crippen LogP contribution in [-0.4, -0.2) is 54.9 Å². The number of rotatable bonds is 6. The number of benzene rings is 2. The van der Waals surface area contributed by atoms with Crippen LogP contribution < -0.4 is 4.90 Å². The van der Waals surface area contributed by atoms with Crippen LogP contribution in [0.5, 0.6) is 0 Å². The lowest BCUT2D eigenvalue weighted by Crippen LogP contribution is -2.48. The highest BCUT2D eigenvalue weighted by Crippen LogP contribution is 2.30. The fourth-order valence-electron chi connectivity index (χ4n) is 3.87. The molecule has 3 heterocycles. The summed E-state index contributed by atoms with van der Waals surface area (Å²) in [7, 11) is -0.968. The van der Waals surface area contributed by atoms with Crippen LogP contribution in [0.25, 0.3) is 21.9 Å². The molecule has 192 valence electrons. The highest BCUT2D eigenvalue weighted by Gasteiger charge is 2.27. The van der Waals surface area contributed by atoms with E-state index in [-0.39, 0.29) is 29.6 Å². The summed E-state index contributed by atoms with van der Waals surface area (Å²) < 4.78 is 57.5. The first-order chi connectivity index (χ1) is 17.9. The number of nitrogens with zero attached hydrogens (tertiary/aromatic N) is 5. The average Bonchev–Trinajstić information content (AvgIpc) is 3.61. The normalized spacial score (nSPS) is 14.3. The molecule has 0 bridgehead atoms. The minimum atomic E-state index is -2.93. The molecule has 2 amide bonds. The molecule has 1 aliphatic heterocycles. The molecule has 13 heteroatoms. The van der Waals surface area contributed by atoms with Crippen molar-refractivity contribution in [1.29, 1.82) is 0 Å². The van der Waals surface area contributed by atoms with Crippen LogP contribution in [0.4, 0.5) is 23.7 Å². The number of anilines is 1. The molecule has 37 heavy (non-hydrogen) atoms. The van der Waals surface area contributed by atoms with Crippen LogP contribution in [-0.2, 0) is 17.3 Å². The minimum Gasteiger partial charge on any atom is -0.415 e. The summed E-state index contributed by atoms with van der Waals surface area (Å²) in [5.41, 5.74) is 3.48. The first kappa shape index (κ1) is 25.1. The molecule has 0 atom stereocenters. The molecule has 0 unspecified atom stereocenters. The Balaban J connectivity index is 1.46. The van der Waals surface area contributed by atoms with Gasteiger partial charge in [0.1, 0.15) is 5.82 Å². The van der Waals surface area contributed by atoms with Crippen molar-refractivity contribution in [3.8, 4) is 21.9 Å². The quantitative estimate of drug-likeness (QED) is 0.333. The summed E-state index contributed by atoms with van der Waals surface area (Å²) in [5, 5.41) is 6.82. The van der Waals surface area contributed by atoms with E-state index < -0.39 is 28.9 Å². The molecule has 5 rings (SSSR count). The van der Waals surface area contributed by atoms with Crippen LogP contribution in [0.15, 0.2) is 58.6 Å². The molecule has 4 aromatic rings. The second-order valence-electron chi connectivity index (χ2n) is 8.17. The van der Waals surface area contributed by atoms with Crippen LogP contribution in [0.3, 0.4) is 0 Å². The fourth-order valence-corrected chi connectivity index (χ4v) is 5.55. The van der Waals surface area contributed by atoms with Gasteiger partial charge in [0.2, 0.25) is 5.89 Å². The predicted octanol–water partition coefficient (Wildman–Crippen LogP) is 5.13. The maximum absolute atomic E-state index is 15.2. The van der Waals surface area contributed by atoms with E-state index in [4.69, 9.17) is 4.42 Å². The van der Waals surface area contributed by atoms with Gasteiger partial charge in [-0.25, -0.2) is 9.18 Å². The maximum atomic E-state index is 15.2. The molecule has 1 saturated heterocycles. The molecule has 0 N–H and O–H groups in total. The van der Waals surface area contributed by atoms with Gasteiger partial charge in [-0.05, 0) is 29.8 Å². The number of carbonyl (C=O) groups excluding carboxylic acids is 1. The smallest absolute Gasteiger partial charge is 0.324 e. The first-order valence-corrected chi connectivity index (χ1v) is 13.6. The zero-order chi connectivity index (χ0) is 25.9. The topological polar surface area (TPSA) is 92.4 Å². The zero-order valence-electron chi connectivity index (χ0n) is 19.2. The molecule has 0 spiro atoms. The third-order valence-electron chi connectivity index (χ3n) is 5.81. The Morgan fingerprint density at radius 3 is 2.62 bits per heavy atom. The summed E-state index contributed by atoms with van der Waals surface area (Å²) in [5.74, 6) is -0.972. The number of hydrogen-bond acceptors (Lipinski definition) is 7. The Kier molecular flexibility index (Phi) is 7.33. The number of hydrogen-bond donors (Lipinski definition) is 0. The van der Waals surface area contributed by atoms with Gasteiger partial charge in [-0.15, -0.1) is 21.5 Å². The molecule has 0 saturated carbocycles. The Hall–Kier alpha value is -3.58. The van der Waals surface area contributed by atoms with Crippen molar-refractivity contribution in [3.63, 3.8) is 0 Å². The van der Waals surface area contributed by atoms with Gasteiger partial charge in [0, 0.05) is 58.4 Å². The van der Waals surface area contributed by atoms with Gasteiger partial charge in [-0.3, -0.25) is 14.1 Å². The Morgan fingerprint density at radius 2 is 1.95 bits per heavy atom. The second-order valence-corrected chi connectivity index (χ2v) is 10.8. The minimum absolute atomic E-state index is 0.0944. The third-order valence-corrected chi connectivity index (χ3v) is 7.91. The van der Waals surface area contributed by atoms with Crippen LogP contribution in [0, 0.1) is 5.82 Å². The molecule has 1 fully saturated rings. The fraction of sp³-hybridized carbons (Fsp3) is 0.250. The monoisotopic (exact) mass is 547 g/mol. The van der Waals surface area contributed by atoms with E-state index in [9.17, 15) is 17.8 Å². The molecule has 1 aliphatic rings. The molecule has 0 radical (unpaired) electrons. The van der Waals surface area contributed by atoms with Crippen LogP contribution in [0.1, 0.15) is 17.9 Å². The summed E-state index contributed by atoms with van der Waals surface area (Å²) in [6, 6.07) is 11.0. The van der Waals surface area contributed by atoms with Crippen molar-refractivity contribution in [2.75, 3.05) is 29.5 Å². The molecule has 0 aliphatic carbocycles. The standard InChI is InChI=1S/C24H20F3N5O3S2/c25-19-11-16(22-29-30-23(35-22)21(26)27)4-5-17(19)13-32(24(33)31-6-8-37(34)9-7-31)18-3-1-2-15(10-18)20-12-28-14-36-20/h1-5,10-12,14,21H,6-9,13H2. The second kappa shape index (κ2) is 10.8. The van der Waals surface area contributed by atoms with E-state index in [0.29, 0.717) is 30.3 Å². The van der Waals surface area contributed by atoms with Gasteiger partial charge in [0.25, 0.3) is 5.89 Å². The number of aromatic nitrogens is 3. The highest BCUT2D eigenvalue weighted by atomic mass is 32.2. The van der Waals surface area contributed by atoms with Gasteiger partial charge in [0.15, 0.2) is 0 Å².